The number of aryl methyl sites for hydroxylation is 4. The number of alkyl carbamates (subject to hydrolysis) is 1. The molecule has 37 heavy (non-hydrogen) atoms. The lowest BCUT2D eigenvalue weighted by Crippen LogP contribution is -2.54. The van der Waals surface area contributed by atoms with Gasteiger partial charge in [0.1, 0.15) is 17.7 Å². The molecular weight excluding hydrogens is 470 g/mol. The predicted octanol–water partition coefficient (Wildman–Crippen LogP) is 4.48. The normalized spacial score (nSPS) is 14.9. The smallest absolute Gasteiger partial charge is 0.408 e. The van der Waals surface area contributed by atoms with E-state index >= 15 is 0 Å². The molecule has 200 valence electrons. The zero-order chi connectivity index (χ0) is 27.5. The number of carbonyl (C=O) groups is 3. The zero-order valence-corrected chi connectivity index (χ0v) is 22.8. The number of carbonyl (C=O) groups excluding carboxylic acids is 3. The first kappa shape index (κ1) is 28.2. The molecule has 3 N–H and O–H groups in total. The number of hydrogen-bond donors (Lipinski definition) is 3. The fourth-order valence-corrected chi connectivity index (χ4v) is 4.54. The van der Waals surface area contributed by atoms with Gasteiger partial charge in [0, 0.05) is 11.7 Å². The summed E-state index contributed by atoms with van der Waals surface area (Å²) >= 11 is 0. The maximum absolute atomic E-state index is 14.0. The van der Waals surface area contributed by atoms with Crippen LogP contribution in [-0.4, -0.2) is 52.2 Å². The van der Waals surface area contributed by atoms with Gasteiger partial charge in [-0.1, -0.05) is 36.4 Å². The standard InChI is InChI=1S/C29H39N3O5/c1-17-10-8-11-18(2)23(17)25(26(34)31-24-19(3)12-9-13-20(24)4)32(21-14-15-21)27(35)22(16-33)30-28(36)37-29(5,6)7/h8-13,21-22,25,33H,14-16H2,1-7H3,(H,30,36)(H,31,34). The highest BCUT2D eigenvalue weighted by molar-refractivity contribution is 6.00. The Bertz CT molecular complexity index is 1130. The SMILES string of the molecule is Cc1cccc(C)c1NC(=O)C(c1c(C)cccc1C)N(C(=O)C(CO)NC(=O)OC(C)(C)C)C1CC1. The van der Waals surface area contributed by atoms with Crippen LogP contribution in [0.25, 0.3) is 0 Å². The van der Waals surface area contributed by atoms with Gasteiger partial charge < -0.3 is 25.4 Å². The van der Waals surface area contributed by atoms with Crippen molar-refractivity contribution in [2.45, 2.75) is 85.0 Å². The second kappa shape index (κ2) is 11.3. The fourth-order valence-electron chi connectivity index (χ4n) is 4.54. The molecule has 3 rings (SSSR count). The summed E-state index contributed by atoms with van der Waals surface area (Å²) in [7, 11) is 0. The fraction of sp³-hybridized carbons (Fsp3) is 0.483. The summed E-state index contributed by atoms with van der Waals surface area (Å²) in [5, 5.41) is 15.6. The average Bonchev–Trinajstić information content (AvgIpc) is 3.62. The highest BCUT2D eigenvalue weighted by atomic mass is 16.6. The number of para-hydroxylation sites is 1. The highest BCUT2D eigenvalue weighted by Gasteiger charge is 2.45. The summed E-state index contributed by atoms with van der Waals surface area (Å²) in [6.07, 6.45) is 0.655. The van der Waals surface area contributed by atoms with Gasteiger partial charge >= 0.3 is 6.09 Å². The number of amides is 3. The molecule has 2 unspecified atom stereocenters. The molecule has 8 nitrogen and oxygen atoms in total. The number of rotatable bonds is 8. The quantitative estimate of drug-likeness (QED) is 0.486. The Balaban J connectivity index is 2.04. The first-order valence-electron chi connectivity index (χ1n) is 12.7. The number of ether oxygens (including phenoxy) is 1. The van der Waals surface area contributed by atoms with Crippen molar-refractivity contribution in [1.82, 2.24) is 10.2 Å². The van der Waals surface area contributed by atoms with E-state index in [1.165, 1.54) is 4.90 Å². The van der Waals surface area contributed by atoms with E-state index in [9.17, 15) is 19.5 Å². The molecule has 1 fully saturated rings. The van der Waals surface area contributed by atoms with E-state index in [1.54, 1.807) is 20.8 Å². The van der Waals surface area contributed by atoms with Crippen LogP contribution in [0.3, 0.4) is 0 Å². The van der Waals surface area contributed by atoms with Gasteiger partial charge in [-0.25, -0.2) is 4.79 Å². The minimum atomic E-state index is -1.25. The molecule has 0 bridgehead atoms. The van der Waals surface area contributed by atoms with Gasteiger partial charge in [-0.15, -0.1) is 0 Å². The maximum atomic E-state index is 14.0. The molecule has 0 aromatic heterocycles. The van der Waals surface area contributed by atoms with Gasteiger partial charge in [-0.3, -0.25) is 9.59 Å². The molecule has 1 aliphatic rings. The van der Waals surface area contributed by atoms with Crippen LogP contribution >= 0.6 is 0 Å². The van der Waals surface area contributed by atoms with Gasteiger partial charge in [-0.2, -0.15) is 0 Å². The summed E-state index contributed by atoms with van der Waals surface area (Å²) in [6.45, 7) is 12.2. The Morgan fingerprint density at radius 1 is 0.973 bits per heavy atom. The van der Waals surface area contributed by atoms with Crippen molar-refractivity contribution in [3.05, 3.63) is 64.2 Å². The summed E-state index contributed by atoms with van der Waals surface area (Å²) in [5.74, 6) is -0.871. The van der Waals surface area contributed by atoms with E-state index in [4.69, 9.17) is 4.74 Å². The summed E-state index contributed by atoms with van der Waals surface area (Å²) in [5.41, 5.74) is 4.25. The summed E-state index contributed by atoms with van der Waals surface area (Å²) in [4.78, 5) is 41.9. The summed E-state index contributed by atoms with van der Waals surface area (Å²) in [6, 6.07) is 9.13. The molecule has 0 radical (unpaired) electrons. The van der Waals surface area contributed by atoms with Gasteiger partial charge in [0.2, 0.25) is 5.91 Å². The Morgan fingerprint density at radius 2 is 1.49 bits per heavy atom. The number of aliphatic hydroxyl groups excluding tert-OH is 1. The Kier molecular flexibility index (Phi) is 8.64. The number of hydrogen-bond acceptors (Lipinski definition) is 5. The lowest BCUT2D eigenvalue weighted by atomic mass is 9.93. The second-order valence-corrected chi connectivity index (χ2v) is 10.8. The first-order chi connectivity index (χ1) is 17.3. The molecule has 2 aromatic carbocycles. The molecule has 2 aromatic rings. The molecule has 1 saturated carbocycles. The molecule has 2 atom stereocenters. The van der Waals surface area contributed by atoms with Crippen molar-refractivity contribution in [3.63, 3.8) is 0 Å². The average molecular weight is 510 g/mol. The van der Waals surface area contributed by atoms with Crippen molar-refractivity contribution in [1.29, 1.82) is 0 Å². The summed E-state index contributed by atoms with van der Waals surface area (Å²) < 4.78 is 5.30. The first-order valence-corrected chi connectivity index (χ1v) is 12.7. The van der Waals surface area contributed by atoms with Gasteiger partial charge in [0.05, 0.1) is 6.61 Å². The monoisotopic (exact) mass is 509 g/mol. The lowest BCUT2D eigenvalue weighted by molar-refractivity contribution is -0.142. The van der Waals surface area contributed by atoms with Crippen LogP contribution in [-0.2, 0) is 14.3 Å². The van der Waals surface area contributed by atoms with Crippen molar-refractivity contribution in [2.75, 3.05) is 11.9 Å². The lowest BCUT2D eigenvalue weighted by Gasteiger charge is -2.35. The molecule has 8 heteroatoms. The van der Waals surface area contributed by atoms with Crippen LogP contribution in [0.5, 0.6) is 0 Å². The van der Waals surface area contributed by atoms with Crippen LogP contribution in [0.2, 0.25) is 0 Å². The predicted molar refractivity (Wildman–Crippen MR) is 143 cm³/mol. The molecule has 1 aliphatic carbocycles. The number of nitrogens with zero attached hydrogens (tertiary/aromatic N) is 1. The van der Waals surface area contributed by atoms with Gasteiger partial charge in [0.25, 0.3) is 5.91 Å². The Labute approximate surface area is 219 Å². The topological polar surface area (TPSA) is 108 Å². The van der Waals surface area contributed by atoms with Gasteiger partial charge in [-0.05, 0) is 89.1 Å². The van der Waals surface area contributed by atoms with E-state index in [2.05, 4.69) is 10.6 Å². The maximum Gasteiger partial charge on any atom is 0.408 e. The molecule has 0 heterocycles. The molecular formula is C29H39N3O5. The zero-order valence-electron chi connectivity index (χ0n) is 22.8. The van der Waals surface area contributed by atoms with Crippen LogP contribution in [0.1, 0.15) is 67.5 Å². The van der Waals surface area contributed by atoms with Crippen LogP contribution in [0.4, 0.5) is 10.5 Å². The Hall–Kier alpha value is -3.39. The van der Waals surface area contributed by atoms with E-state index in [0.717, 1.165) is 40.7 Å². The van der Waals surface area contributed by atoms with Crippen molar-refractivity contribution in [2.24, 2.45) is 0 Å². The molecule has 0 saturated heterocycles. The number of nitrogens with one attached hydrogen (secondary N) is 2. The van der Waals surface area contributed by atoms with E-state index < -0.39 is 36.3 Å². The second-order valence-electron chi connectivity index (χ2n) is 10.8. The molecule has 0 aliphatic heterocycles. The van der Waals surface area contributed by atoms with Gasteiger partial charge in [0.15, 0.2) is 0 Å². The third-order valence-electron chi connectivity index (χ3n) is 6.44. The molecule has 3 amide bonds. The van der Waals surface area contributed by atoms with E-state index in [0.29, 0.717) is 5.69 Å². The third kappa shape index (κ3) is 6.89. The van der Waals surface area contributed by atoms with E-state index in [-0.39, 0.29) is 11.9 Å². The van der Waals surface area contributed by atoms with E-state index in [1.807, 2.05) is 64.1 Å². The Morgan fingerprint density at radius 3 is 1.95 bits per heavy atom. The van der Waals surface area contributed by atoms with Crippen LogP contribution in [0.15, 0.2) is 36.4 Å². The largest absolute Gasteiger partial charge is 0.444 e. The third-order valence-corrected chi connectivity index (χ3v) is 6.44. The van der Waals surface area contributed by atoms with Crippen molar-refractivity contribution >= 4 is 23.6 Å². The van der Waals surface area contributed by atoms with Crippen LogP contribution < -0.4 is 10.6 Å². The van der Waals surface area contributed by atoms with Crippen LogP contribution in [0, 0.1) is 27.7 Å². The minimum absolute atomic E-state index is 0.185. The highest BCUT2D eigenvalue weighted by Crippen LogP contribution is 2.38. The number of benzene rings is 2. The number of aliphatic hydroxyl groups is 1. The van der Waals surface area contributed by atoms with Crippen molar-refractivity contribution in [3.8, 4) is 0 Å². The minimum Gasteiger partial charge on any atom is -0.444 e. The van der Waals surface area contributed by atoms with Crippen molar-refractivity contribution < 1.29 is 24.2 Å². The number of anilines is 1. The molecule has 0 spiro atoms.